The Hall–Kier alpha value is -2.05. The van der Waals surface area contributed by atoms with E-state index in [1.54, 1.807) is 0 Å². The van der Waals surface area contributed by atoms with Gasteiger partial charge in [-0.1, -0.05) is 0 Å². The quantitative estimate of drug-likeness (QED) is 0.591. The van der Waals surface area contributed by atoms with Crippen molar-refractivity contribution in [2.75, 3.05) is 11.4 Å². The Labute approximate surface area is 83.7 Å². The van der Waals surface area contributed by atoms with Gasteiger partial charge in [0.1, 0.15) is 5.82 Å². The molecular weight excluding hydrogens is 202 g/mol. The van der Waals surface area contributed by atoms with Gasteiger partial charge in [-0.2, -0.15) is 0 Å². The number of nitrogens with zero attached hydrogens (tertiary/aromatic N) is 1. The Balaban J connectivity index is 2.22. The number of aromatic amines is 2. The average Bonchev–Trinajstić information content (AvgIpc) is 2.71. The number of H-pyrrole nitrogens is 2. The number of carboxylic acids is 1. The van der Waals surface area contributed by atoms with Gasteiger partial charge in [-0.25, -0.2) is 0 Å². The van der Waals surface area contributed by atoms with Crippen molar-refractivity contribution in [3.05, 3.63) is 16.4 Å². The maximum absolute atomic E-state index is 11.4. The van der Waals surface area contributed by atoms with Gasteiger partial charge >= 0.3 is 5.97 Å². The zero-order valence-electron chi connectivity index (χ0n) is 7.69. The lowest BCUT2D eigenvalue weighted by atomic mass is 10.1. The summed E-state index contributed by atoms with van der Waals surface area (Å²) in [7, 11) is 0. The highest BCUT2D eigenvalue weighted by atomic mass is 16.4. The van der Waals surface area contributed by atoms with Gasteiger partial charge in [-0.3, -0.25) is 29.5 Å². The smallest absolute Gasteiger partial charge is 0.308 e. The van der Waals surface area contributed by atoms with Crippen molar-refractivity contribution >= 4 is 17.7 Å². The molecule has 1 amide bonds. The molecule has 0 aliphatic carbocycles. The van der Waals surface area contributed by atoms with Gasteiger partial charge in [-0.15, -0.1) is 0 Å². The van der Waals surface area contributed by atoms with E-state index >= 15 is 0 Å². The van der Waals surface area contributed by atoms with Crippen LogP contribution >= 0.6 is 0 Å². The Morgan fingerprint density at radius 1 is 1.47 bits per heavy atom. The van der Waals surface area contributed by atoms with Gasteiger partial charge in [0, 0.05) is 19.0 Å². The van der Waals surface area contributed by atoms with Crippen molar-refractivity contribution < 1.29 is 14.7 Å². The molecule has 1 aliphatic rings. The van der Waals surface area contributed by atoms with Crippen LogP contribution in [-0.2, 0) is 9.59 Å². The van der Waals surface area contributed by atoms with E-state index in [0.717, 1.165) is 0 Å². The van der Waals surface area contributed by atoms with Gasteiger partial charge < -0.3 is 5.11 Å². The summed E-state index contributed by atoms with van der Waals surface area (Å²) in [6.45, 7) is 0.0992. The van der Waals surface area contributed by atoms with Crippen molar-refractivity contribution in [2.24, 2.45) is 5.92 Å². The molecule has 3 N–H and O–H groups in total. The topological polar surface area (TPSA) is 106 Å². The van der Waals surface area contributed by atoms with Crippen LogP contribution in [0.3, 0.4) is 0 Å². The van der Waals surface area contributed by atoms with E-state index in [-0.39, 0.29) is 24.4 Å². The highest BCUT2D eigenvalue weighted by Gasteiger charge is 2.35. The molecule has 1 saturated heterocycles. The number of rotatable bonds is 2. The summed E-state index contributed by atoms with van der Waals surface area (Å²) in [5.74, 6) is -1.67. The molecule has 15 heavy (non-hydrogen) atoms. The third kappa shape index (κ3) is 1.63. The predicted molar refractivity (Wildman–Crippen MR) is 49.5 cm³/mol. The Morgan fingerprint density at radius 2 is 2.20 bits per heavy atom. The number of amides is 1. The maximum Gasteiger partial charge on any atom is 0.308 e. The highest BCUT2D eigenvalue weighted by molar-refractivity contribution is 5.98. The van der Waals surface area contributed by atoms with Crippen molar-refractivity contribution in [1.82, 2.24) is 10.2 Å². The summed E-state index contributed by atoms with van der Waals surface area (Å²) < 4.78 is 0. The predicted octanol–water partition coefficient (Wildman–Crippen LogP) is -0.859. The van der Waals surface area contributed by atoms with Crippen LogP contribution in [0.5, 0.6) is 0 Å². The first-order valence-electron chi connectivity index (χ1n) is 4.39. The molecule has 1 fully saturated rings. The Morgan fingerprint density at radius 3 is 2.67 bits per heavy atom. The van der Waals surface area contributed by atoms with E-state index in [2.05, 4.69) is 10.2 Å². The Bertz CT molecular complexity index is 460. The van der Waals surface area contributed by atoms with E-state index in [4.69, 9.17) is 5.11 Å². The third-order valence-corrected chi connectivity index (χ3v) is 2.35. The molecule has 7 heteroatoms. The molecule has 0 spiro atoms. The number of hydrogen-bond acceptors (Lipinski definition) is 3. The standard InChI is InChI=1S/C8H9N3O4/c12-6-2-5(9-10-6)11-3-4(8(14)15)1-7(11)13/h2,4H,1,3H2,(H,14,15)(H2,9,10,12). The summed E-state index contributed by atoms with van der Waals surface area (Å²) in [5.41, 5.74) is -0.350. The number of carbonyl (C=O) groups excluding carboxylic acids is 1. The molecule has 2 rings (SSSR count). The summed E-state index contributed by atoms with van der Waals surface area (Å²) in [6.07, 6.45) is -0.0253. The SMILES string of the molecule is O=C(O)C1CC(=O)N(c2cc(=O)[nH][nH]2)C1. The minimum atomic E-state index is -0.997. The molecular formula is C8H9N3O4. The maximum atomic E-state index is 11.4. The molecule has 0 bridgehead atoms. The average molecular weight is 211 g/mol. The minimum absolute atomic E-state index is 0.0253. The number of nitrogens with one attached hydrogen (secondary N) is 2. The molecule has 1 aromatic heterocycles. The number of hydrogen-bond donors (Lipinski definition) is 3. The van der Waals surface area contributed by atoms with E-state index in [1.807, 2.05) is 0 Å². The molecule has 2 heterocycles. The first-order chi connectivity index (χ1) is 7.08. The van der Waals surface area contributed by atoms with Crippen molar-refractivity contribution in [3.8, 4) is 0 Å². The second kappa shape index (κ2) is 3.26. The van der Waals surface area contributed by atoms with Crippen LogP contribution in [0.4, 0.5) is 5.82 Å². The zero-order valence-corrected chi connectivity index (χ0v) is 7.69. The normalized spacial score (nSPS) is 20.9. The molecule has 1 aromatic rings. The molecule has 1 atom stereocenters. The zero-order chi connectivity index (χ0) is 11.0. The van der Waals surface area contributed by atoms with Crippen LogP contribution in [0.15, 0.2) is 10.9 Å². The first kappa shape index (κ1) is 9.50. The van der Waals surface area contributed by atoms with Crippen molar-refractivity contribution in [3.63, 3.8) is 0 Å². The minimum Gasteiger partial charge on any atom is -0.481 e. The van der Waals surface area contributed by atoms with E-state index in [9.17, 15) is 14.4 Å². The van der Waals surface area contributed by atoms with Gasteiger partial charge in [0.05, 0.1) is 5.92 Å². The van der Waals surface area contributed by atoms with Crippen molar-refractivity contribution in [2.45, 2.75) is 6.42 Å². The van der Waals surface area contributed by atoms with Crippen LogP contribution < -0.4 is 10.5 Å². The molecule has 1 aliphatic heterocycles. The Kier molecular flexibility index (Phi) is 2.07. The van der Waals surface area contributed by atoms with E-state index < -0.39 is 11.9 Å². The summed E-state index contributed by atoms with van der Waals surface area (Å²) in [4.78, 5) is 34.2. The molecule has 0 saturated carbocycles. The number of carbonyl (C=O) groups is 2. The van der Waals surface area contributed by atoms with Gasteiger partial charge in [0.25, 0.3) is 5.56 Å². The van der Waals surface area contributed by atoms with Gasteiger partial charge in [0.2, 0.25) is 5.91 Å². The molecule has 0 aromatic carbocycles. The van der Waals surface area contributed by atoms with Crippen LogP contribution in [0, 0.1) is 5.92 Å². The lowest BCUT2D eigenvalue weighted by Crippen LogP contribution is -2.26. The van der Waals surface area contributed by atoms with Crippen molar-refractivity contribution in [1.29, 1.82) is 0 Å². The first-order valence-corrected chi connectivity index (χ1v) is 4.39. The third-order valence-electron chi connectivity index (χ3n) is 2.35. The fourth-order valence-electron chi connectivity index (χ4n) is 1.57. The summed E-state index contributed by atoms with van der Waals surface area (Å²) >= 11 is 0. The van der Waals surface area contributed by atoms with Crippen LogP contribution in [0.2, 0.25) is 0 Å². The second-order valence-corrected chi connectivity index (χ2v) is 3.39. The summed E-state index contributed by atoms with van der Waals surface area (Å²) in [5, 5.41) is 13.5. The van der Waals surface area contributed by atoms with Crippen LogP contribution in [0.1, 0.15) is 6.42 Å². The van der Waals surface area contributed by atoms with E-state index in [0.29, 0.717) is 5.82 Å². The highest BCUT2D eigenvalue weighted by Crippen LogP contribution is 2.22. The number of aliphatic carboxylic acids is 1. The monoisotopic (exact) mass is 211 g/mol. The molecule has 0 radical (unpaired) electrons. The fraction of sp³-hybridized carbons (Fsp3) is 0.375. The summed E-state index contributed by atoms with van der Waals surface area (Å²) in [6, 6.07) is 1.22. The number of aromatic nitrogens is 2. The van der Waals surface area contributed by atoms with Crippen LogP contribution in [0.25, 0.3) is 0 Å². The van der Waals surface area contributed by atoms with E-state index in [1.165, 1.54) is 11.0 Å². The largest absolute Gasteiger partial charge is 0.481 e. The fourth-order valence-corrected chi connectivity index (χ4v) is 1.57. The molecule has 1 unspecified atom stereocenters. The van der Waals surface area contributed by atoms with Gasteiger partial charge in [0.15, 0.2) is 0 Å². The number of anilines is 1. The number of carboxylic acid groups (broad SMARTS) is 1. The lowest BCUT2D eigenvalue weighted by molar-refractivity contribution is -0.141. The molecule has 7 nitrogen and oxygen atoms in total. The molecule has 80 valence electrons. The van der Waals surface area contributed by atoms with Gasteiger partial charge in [-0.05, 0) is 0 Å². The van der Waals surface area contributed by atoms with Crippen LogP contribution in [-0.4, -0.2) is 33.7 Å². The second-order valence-electron chi connectivity index (χ2n) is 3.39. The lowest BCUT2D eigenvalue weighted by Gasteiger charge is -2.12.